The van der Waals surface area contributed by atoms with Crippen LogP contribution in [0.1, 0.15) is 30.6 Å². The number of aromatic nitrogens is 1. The molecule has 0 amide bonds. The van der Waals surface area contributed by atoms with Gasteiger partial charge in [-0.2, -0.15) is 0 Å². The fourth-order valence-corrected chi connectivity index (χ4v) is 1.99. The van der Waals surface area contributed by atoms with Crippen LogP contribution >= 0.6 is 11.3 Å². The molecule has 0 aromatic carbocycles. The summed E-state index contributed by atoms with van der Waals surface area (Å²) in [5.74, 6) is 0.594. The van der Waals surface area contributed by atoms with Gasteiger partial charge in [0.05, 0.1) is 16.7 Å². The second-order valence-electron chi connectivity index (χ2n) is 3.30. The molecule has 1 heterocycles. The minimum absolute atomic E-state index is 0.398. The third kappa shape index (κ3) is 2.05. The van der Waals surface area contributed by atoms with Gasteiger partial charge in [-0.3, -0.25) is 0 Å². The van der Waals surface area contributed by atoms with Crippen LogP contribution in [0.2, 0.25) is 0 Å². The Balaban J connectivity index is 2.80. The van der Waals surface area contributed by atoms with Gasteiger partial charge < -0.3 is 5.32 Å². The van der Waals surface area contributed by atoms with Crippen LogP contribution in [0.15, 0.2) is 5.38 Å². The van der Waals surface area contributed by atoms with Gasteiger partial charge in [0, 0.05) is 5.38 Å². The largest absolute Gasteiger partial charge is 0.311 e. The molecule has 1 rings (SSSR count). The Hall–Kier alpha value is -0.410. The van der Waals surface area contributed by atoms with Crippen LogP contribution in [0.5, 0.6) is 0 Å². The van der Waals surface area contributed by atoms with Gasteiger partial charge in [0.15, 0.2) is 0 Å². The van der Waals surface area contributed by atoms with Crippen molar-refractivity contribution >= 4 is 11.3 Å². The molecule has 0 fully saturated rings. The van der Waals surface area contributed by atoms with Crippen LogP contribution in [0.25, 0.3) is 0 Å². The topological polar surface area (TPSA) is 24.9 Å². The van der Waals surface area contributed by atoms with Crippen LogP contribution in [-0.4, -0.2) is 12.0 Å². The highest BCUT2D eigenvalue weighted by Gasteiger charge is 2.15. The van der Waals surface area contributed by atoms with Gasteiger partial charge in [-0.1, -0.05) is 13.8 Å². The Bertz CT molecular complexity index is 242. The summed E-state index contributed by atoms with van der Waals surface area (Å²) < 4.78 is 0. The van der Waals surface area contributed by atoms with Crippen molar-refractivity contribution in [1.82, 2.24) is 10.3 Å². The maximum atomic E-state index is 4.46. The molecule has 1 atom stereocenters. The molecule has 1 aromatic rings. The average molecular weight is 184 g/mol. The number of hydrogen-bond acceptors (Lipinski definition) is 3. The van der Waals surface area contributed by atoms with Crippen molar-refractivity contribution < 1.29 is 0 Å². The van der Waals surface area contributed by atoms with Crippen molar-refractivity contribution in [2.24, 2.45) is 5.92 Å². The molecule has 0 spiro atoms. The van der Waals surface area contributed by atoms with E-state index in [-0.39, 0.29) is 0 Å². The standard InChI is InChI=1S/C9H16N2S/c1-6(2)9(10-4)8-5-12-7(3)11-8/h5-6,9-10H,1-4H3. The number of nitrogens with zero attached hydrogens (tertiary/aromatic N) is 1. The lowest BCUT2D eigenvalue weighted by atomic mass is 10.0. The summed E-state index contributed by atoms with van der Waals surface area (Å²) in [4.78, 5) is 4.46. The Labute approximate surface area is 78.0 Å². The van der Waals surface area contributed by atoms with Crippen molar-refractivity contribution in [2.75, 3.05) is 7.05 Å². The van der Waals surface area contributed by atoms with Gasteiger partial charge >= 0.3 is 0 Å². The van der Waals surface area contributed by atoms with Crippen LogP contribution in [-0.2, 0) is 0 Å². The predicted octanol–water partition coefficient (Wildman–Crippen LogP) is 2.37. The van der Waals surface area contributed by atoms with Crippen LogP contribution in [0.4, 0.5) is 0 Å². The first-order valence-corrected chi connectivity index (χ1v) is 5.12. The summed E-state index contributed by atoms with van der Waals surface area (Å²) >= 11 is 1.71. The maximum Gasteiger partial charge on any atom is 0.0898 e. The van der Waals surface area contributed by atoms with Crippen molar-refractivity contribution in [3.05, 3.63) is 16.1 Å². The molecule has 0 radical (unpaired) electrons. The van der Waals surface area contributed by atoms with Gasteiger partial charge in [-0.15, -0.1) is 11.3 Å². The lowest BCUT2D eigenvalue weighted by Crippen LogP contribution is -2.21. The summed E-state index contributed by atoms with van der Waals surface area (Å²) in [6, 6.07) is 0.398. The third-order valence-electron chi connectivity index (χ3n) is 1.93. The minimum atomic E-state index is 0.398. The van der Waals surface area contributed by atoms with Crippen LogP contribution < -0.4 is 5.32 Å². The second kappa shape index (κ2) is 4.01. The molecule has 12 heavy (non-hydrogen) atoms. The molecule has 1 unspecified atom stereocenters. The Morgan fingerprint density at radius 1 is 1.50 bits per heavy atom. The second-order valence-corrected chi connectivity index (χ2v) is 4.36. The summed E-state index contributed by atoms with van der Waals surface area (Å²) in [5.41, 5.74) is 1.18. The third-order valence-corrected chi connectivity index (χ3v) is 2.72. The summed E-state index contributed by atoms with van der Waals surface area (Å²) in [6.45, 7) is 6.45. The maximum absolute atomic E-state index is 4.46. The quantitative estimate of drug-likeness (QED) is 0.780. The van der Waals surface area contributed by atoms with Crippen molar-refractivity contribution in [2.45, 2.75) is 26.8 Å². The molecule has 0 aliphatic carbocycles. The normalized spacial score (nSPS) is 13.8. The fourth-order valence-electron chi connectivity index (χ4n) is 1.35. The molecule has 0 saturated carbocycles. The number of thiazole rings is 1. The van der Waals surface area contributed by atoms with Crippen LogP contribution in [0.3, 0.4) is 0 Å². The zero-order valence-corrected chi connectivity index (χ0v) is 8.90. The highest BCUT2D eigenvalue weighted by molar-refractivity contribution is 7.09. The van der Waals surface area contributed by atoms with Gasteiger partial charge in [0.25, 0.3) is 0 Å². The Kier molecular flexibility index (Phi) is 3.23. The number of rotatable bonds is 3. The first kappa shape index (κ1) is 9.68. The fraction of sp³-hybridized carbons (Fsp3) is 0.667. The molecule has 0 aliphatic heterocycles. The Morgan fingerprint density at radius 2 is 2.17 bits per heavy atom. The van der Waals surface area contributed by atoms with E-state index in [1.807, 2.05) is 14.0 Å². The minimum Gasteiger partial charge on any atom is -0.311 e. The van der Waals surface area contributed by atoms with Crippen molar-refractivity contribution in [3.63, 3.8) is 0 Å². The smallest absolute Gasteiger partial charge is 0.0898 e. The average Bonchev–Trinajstić information content (AvgIpc) is 2.37. The first-order chi connectivity index (χ1) is 5.65. The molecule has 1 N–H and O–H groups in total. The lowest BCUT2D eigenvalue weighted by molar-refractivity contribution is 0.435. The molecule has 0 saturated heterocycles. The van der Waals surface area contributed by atoms with Gasteiger partial charge in [-0.25, -0.2) is 4.98 Å². The highest BCUT2D eigenvalue weighted by Crippen LogP contribution is 2.22. The van der Waals surface area contributed by atoms with E-state index in [0.29, 0.717) is 12.0 Å². The molecule has 0 aliphatic rings. The molecule has 2 nitrogen and oxygen atoms in total. The summed E-state index contributed by atoms with van der Waals surface area (Å²) in [6.07, 6.45) is 0. The summed E-state index contributed by atoms with van der Waals surface area (Å²) in [5, 5.41) is 6.56. The summed E-state index contributed by atoms with van der Waals surface area (Å²) in [7, 11) is 1.99. The first-order valence-electron chi connectivity index (χ1n) is 4.24. The van der Waals surface area contributed by atoms with E-state index in [9.17, 15) is 0 Å². The molecular formula is C9H16N2S. The zero-order chi connectivity index (χ0) is 9.14. The van der Waals surface area contributed by atoms with E-state index in [4.69, 9.17) is 0 Å². The highest BCUT2D eigenvalue weighted by atomic mass is 32.1. The number of hydrogen-bond donors (Lipinski definition) is 1. The molecular weight excluding hydrogens is 168 g/mol. The van der Waals surface area contributed by atoms with Gasteiger partial charge in [0.1, 0.15) is 0 Å². The molecule has 68 valence electrons. The number of nitrogens with one attached hydrogen (secondary N) is 1. The Morgan fingerprint density at radius 3 is 2.50 bits per heavy atom. The number of aryl methyl sites for hydroxylation is 1. The van der Waals surface area contributed by atoms with Crippen molar-refractivity contribution in [1.29, 1.82) is 0 Å². The monoisotopic (exact) mass is 184 g/mol. The van der Waals surface area contributed by atoms with Crippen molar-refractivity contribution in [3.8, 4) is 0 Å². The van der Waals surface area contributed by atoms with E-state index >= 15 is 0 Å². The lowest BCUT2D eigenvalue weighted by Gasteiger charge is -2.17. The van der Waals surface area contributed by atoms with Gasteiger partial charge in [-0.05, 0) is 19.9 Å². The van der Waals surface area contributed by atoms with Crippen LogP contribution in [0, 0.1) is 12.8 Å². The predicted molar refractivity (Wildman–Crippen MR) is 53.5 cm³/mol. The van der Waals surface area contributed by atoms with E-state index in [2.05, 4.69) is 29.5 Å². The molecule has 1 aromatic heterocycles. The zero-order valence-electron chi connectivity index (χ0n) is 8.09. The van der Waals surface area contributed by atoms with E-state index < -0.39 is 0 Å². The molecule has 0 bridgehead atoms. The van der Waals surface area contributed by atoms with Gasteiger partial charge in [0.2, 0.25) is 0 Å². The SMILES string of the molecule is CNC(c1csc(C)n1)C(C)C. The van der Waals surface area contributed by atoms with E-state index in [1.165, 1.54) is 5.69 Å². The molecule has 3 heteroatoms. The van der Waals surface area contributed by atoms with E-state index in [1.54, 1.807) is 11.3 Å². The van der Waals surface area contributed by atoms with E-state index in [0.717, 1.165) is 5.01 Å².